The molecule has 3 nitrogen and oxygen atoms in total. The van der Waals surface area contributed by atoms with Crippen LogP contribution in [-0.4, -0.2) is 22.9 Å². The molecule has 0 aliphatic heterocycles. The molecule has 2 rings (SSSR count). The fraction of sp³-hybridized carbons (Fsp3) is 0.438. The van der Waals surface area contributed by atoms with Crippen LogP contribution in [0.4, 0.5) is 0 Å². The van der Waals surface area contributed by atoms with E-state index < -0.39 is 0 Å². The van der Waals surface area contributed by atoms with E-state index in [-0.39, 0.29) is 0 Å². The van der Waals surface area contributed by atoms with Crippen LogP contribution in [0.2, 0.25) is 0 Å². The fourth-order valence-electron chi connectivity index (χ4n) is 2.40. The molecule has 0 bridgehead atoms. The number of nitrogens with one attached hydrogen (secondary N) is 1. The quantitative estimate of drug-likeness (QED) is 0.613. The number of halogens is 1. The van der Waals surface area contributed by atoms with Crippen molar-refractivity contribution in [3.8, 4) is 0 Å². The molecule has 0 spiro atoms. The zero-order valence-corrected chi connectivity index (χ0v) is 14.6. The summed E-state index contributed by atoms with van der Waals surface area (Å²) in [5.74, 6) is 0. The Bertz CT molecular complexity index is 558. The molecule has 0 aliphatic rings. The lowest BCUT2D eigenvalue weighted by molar-refractivity contribution is 0.656. The van der Waals surface area contributed by atoms with E-state index in [1.807, 2.05) is 0 Å². The molecular weight excluding hydrogens is 361 g/mol. The summed E-state index contributed by atoms with van der Waals surface area (Å²) in [5.41, 5.74) is 5.13. The molecule has 1 aromatic carbocycles. The lowest BCUT2D eigenvalue weighted by Gasteiger charge is -2.06. The van der Waals surface area contributed by atoms with E-state index in [1.165, 1.54) is 20.4 Å². The van der Waals surface area contributed by atoms with Gasteiger partial charge in [-0.05, 0) is 79.2 Å². The average molecular weight is 383 g/mol. The Balaban J connectivity index is 2.12. The Morgan fingerprint density at radius 3 is 2.55 bits per heavy atom. The van der Waals surface area contributed by atoms with Gasteiger partial charge in [-0.1, -0.05) is 19.1 Å². The summed E-state index contributed by atoms with van der Waals surface area (Å²) in [5, 5.41) is 8.07. The van der Waals surface area contributed by atoms with Crippen molar-refractivity contribution in [2.75, 3.05) is 13.1 Å². The van der Waals surface area contributed by atoms with Gasteiger partial charge in [0.05, 0.1) is 12.2 Å². The van der Waals surface area contributed by atoms with Crippen molar-refractivity contribution in [1.29, 1.82) is 0 Å². The standard InChI is InChI=1S/C16H22IN3/c1-4-18-10-9-16-12(2)19-20(13(16)3)11-14-5-7-15(17)8-6-14/h5-8,18H,4,9-11H2,1-3H3. The molecule has 108 valence electrons. The minimum absolute atomic E-state index is 0.852. The Morgan fingerprint density at radius 2 is 1.90 bits per heavy atom. The van der Waals surface area contributed by atoms with Gasteiger partial charge in [0.15, 0.2) is 0 Å². The summed E-state index contributed by atoms with van der Waals surface area (Å²) in [6.45, 7) is 9.32. The van der Waals surface area contributed by atoms with Crippen LogP contribution in [0.1, 0.15) is 29.4 Å². The lowest BCUT2D eigenvalue weighted by atomic mass is 10.1. The van der Waals surface area contributed by atoms with E-state index in [9.17, 15) is 0 Å². The van der Waals surface area contributed by atoms with Crippen molar-refractivity contribution >= 4 is 22.6 Å². The third-order valence-electron chi connectivity index (χ3n) is 3.58. The lowest BCUT2D eigenvalue weighted by Crippen LogP contribution is -2.16. The number of aryl methyl sites for hydroxylation is 1. The van der Waals surface area contributed by atoms with Gasteiger partial charge in [0.25, 0.3) is 0 Å². The Hall–Kier alpha value is -0.880. The first-order valence-corrected chi connectivity index (χ1v) is 8.17. The molecular formula is C16H22IN3. The van der Waals surface area contributed by atoms with E-state index in [1.54, 1.807) is 0 Å². The SMILES string of the molecule is CCNCCc1c(C)nn(Cc2ccc(I)cc2)c1C. The molecule has 2 aromatic rings. The average Bonchev–Trinajstić information content (AvgIpc) is 2.69. The van der Waals surface area contributed by atoms with Crippen molar-refractivity contribution in [2.45, 2.75) is 33.7 Å². The summed E-state index contributed by atoms with van der Waals surface area (Å²) in [6.07, 6.45) is 1.05. The van der Waals surface area contributed by atoms with Crippen LogP contribution in [0.15, 0.2) is 24.3 Å². The van der Waals surface area contributed by atoms with Gasteiger partial charge in [-0.3, -0.25) is 4.68 Å². The monoisotopic (exact) mass is 383 g/mol. The van der Waals surface area contributed by atoms with Gasteiger partial charge < -0.3 is 5.32 Å². The van der Waals surface area contributed by atoms with Crippen LogP contribution in [0.5, 0.6) is 0 Å². The van der Waals surface area contributed by atoms with Gasteiger partial charge in [0, 0.05) is 9.26 Å². The number of hydrogen-bond donors (Lipinski definition) is 1. The number of hydrogen-bond acceptors (Lipinski definition) is 2. The third kappa shape index (κ3) is 3.82. The second kappa shape index (κ2) is 7.22. The van der Waals surface area contributed by atoms with Gasteiger partial charge >= 0.3 is 0 Å². The summed E-state index contributed by atoms with van der Waals surface area (Å²) in [7, 11) is 0. The zero-order chi connectivity index (χ0) is 14.5. The first kappa shape index (κ1) is 15.5. The molecule has 0 radical (unpaired) electrons. The maximum Gasteiger partial charge on any atom is 0.0662 e. The second-order valence-electron chi connectivity index (χ2n) is 5.04. The van der Waals surface area contributed by atoms with Crippen LogP contribution in [0, 0.1) is 17.4 Å². The molecule has 1 heterocycles. The number of likely N-dealkylation sites (N-methyl/N-ethyl adjacent to an activating group) is 1. The maximum absolute atomic E-state index is 4.69. The van der Waals surface area contributed by atoms with Crippen molar-refractivity contribution in [2.24, 2.45) is 0 Å². The van der Waals surface area contributed by atoms with Crippen molar-refractivity contribution in [3.05, 3.63) is 50.4 Å². The smallest absolute Gasteiger partial charge is 0.0662 e. The first-order chi connectivity index (χ1) is 9.61. The first-order valence-electron chi connectivity index (χ1n) is 7.10. The molecule has 1 N–H and O–H groups in total. The summed E-state index contributed by atoms with van der Waals surface area (Å²) in [6, 6.07) is 8.65. The zero-order valence-electron chi connectivity index (χ0n) is 12.4. The predicted octanol–water partition coefficient (Wildman–Crippen LogP) is 3.30. The number of benzene rings is 1. The van der Waals surface area contributed by atoms with Gasteiger partial charge in [0.2, 0.25) is 0 Å². The molecule has 0 saturated heterocycles. The van der Waals surface area contributed by atoms with E-state index in [2.05, 4.69) is 77.6 Å². The molecule has 0 aliphatic carbocycles. The molecule has 1 aromatic heterocycles. The largest absolute Gasteiger partial charge is 0.317 e. The Kier molecular flexibility index (Phi) is 5.60. The molecule has 0 unspecified atom stereocenters. The van der Waals surface area contributed by atoms with Gasteiger partial charge in [-0.15, -0.1) is 0 Å². The summed E-state index contributed by atoms with van der Waals surface area (Å²) < 4.78 is 3.39. The number of rotatable bonds is 6. The highest BCUT2D eigenvalue weighted by Crippen LogP contribution is 2.16. The van der Waals surface area contributed by atoms with Crippen LogP contribution in [0.3, 0.4) is 0 Å². The minimum Gasteiger partial charge on any atom is -0.317 e. The van der Waals surface area contributed by atoms with E-state index >= 15 is 0 Å². The summed E-state index contributed by atoms with van der Waals surface area (Å²) in [4.78, 5) is 0. The minimum atomic E-state index is 0.852. The molecule has 0 saturated carbocycles. The van der Waals surface area contributed by atoms with E-state index in [0.717, 1.165) is 31.7 Å². The molecule has 4 heteroatoms. The predicted molar refractivity (Wildman–Crippen MR) is 92.2 cm³/mol. The highest BCUT2D eigenvalue weighted by molar-refractivity contribution is 14.1. The van der Waals surface area contributed by atoms with Crippen LogP contribution >= 0.6 is 22.6 Å². The third-order valence-corrected chi connectivity index (χ3v) is 4.30. The van der Waals surface area contributed by atoms with Gasteiger partial charge in [0.1, 0.15) is 0 Å². The molecule has 20 heavy (non-hydrogen) atoms. The number of nitrogens with zero attached hydrogens (tertiary/aromatic N) is 2. The topological polar surface area (TPSA) is 29.9 Å². The van der Waals surface area contributed by atoms with Gasteiger partial charge in [-0.25, -0.2) is 0 Å². The molecule has 0 atom stereocenters. The summed E-state index contributed by atoms with van der Waals surface area (Å²) >= 11 is 2.33. The van der Waals surface area contributed by atoms with Crippen LogP contribution in [-0.2, 0) is 13.0 Å². The fourth-order valence-corrected chi connectivity index (χ4v) is 2.76. The second-order valence-corrected chi connectivity index (χ2v) is 6.28. The van der Waals surface area contributed by atoms with Crippen LogP contribution < -0.4 is 5.32 Å². The van der Waals surface area contributed by atoms with Crippen molar-refractivity contribution in [1.82, 2.24) is 15.1 Å². The highest BCUT2D eigenvalue weighted by atomic mass is 127. The highest BCUT2D eigenvalue weighted by Gasteiger charge is 2.11. The maximum atomic E-state index is 4.69. The van der Waals surface area contributed by atoms with E-state index in [0.29, 0.717) is 0 Å². The Morgan fingerprint density at radius 1 is 1.20 bits per heavy atom. The molecule has 0 amide bonds. The molecule has 0 fully saturated rings. The van der Waals surface area contributed by atoms with Crippen LogP contribution in [0.25, 0.3) is 0 Å². The normalized spacial score (nSPS) is 11.0. The van der Waals surface area contributed by atoms with Crippen molar-refractivity contribution < 1.29 is 0 Å². The van der Waals surface area contributed by atoms with E-state index in [4.69, 9.17) is 5.10 Å². The van der Waals surface area contributed by atoms with Crippen molar-refractivity contribution in [3.63, 3.8) is 0 Å². The Labute approximate surface area is 134 Å². The van der Waals surface area contributed by atoms with Gasteiger partial charge in [-0.2, -0.15) is 5.10 Å². The number of aromatic nitrogens is 2.